The van der Waals surface area contributed by atoms with Gasteiger partial charge in [-0.3, -0.25) is 4.79 Å². The number of carbonyl (C=O) groups is 1. The molecule has 1 aromatic carbocycles. The third kappa shape index (κ3) is 5.14. The Balaban J connectivity index is 2.02. The maximum atomic E-state index is 12.7. The third-order valence-corrected chi connectivity index (χ3v) is 4.14. The number of hydrogen-bond donors (Lipinski definition) is 1. The standard InChI is InChI=1S/C15H12ClF3N2OS/c1-9(14(22)21-13-6-5-11(16)8-20-13)23-12-4-2-3-10(7-12)15(17,18)19/h2-9H,1H3,(H,20,21,22)/t9-/m1/s1. The van der Waals surface area contributed by atoms with Gasteiger partial charge in [-0.05, 0) is 37.3 Å². The van der Waals surface area contributed by atoms with Crippen LogP contribution in [0.1, 0.15) is 12.5 Å². The van der Waals surface area contributed by atoms with Gasteiger partial charge in [0.2, 0.25) is 5.91 Å². The summed E-state index contributed by atoms with van der Waals surface area (Å²) in [4.78, 5) is 16.4. The number of halogens is 4. The topological polar surface area (TPSA) is 42.0 Å². The van der Waals surface area contributed by atoms with Crippen LogP contribution in [0.15, 0.2) is 47.5 Å². The summed E-state index contributed by atoms with van der Waals surface area (Å²) in [6.45, 7) is 1.61. The van der Waals surface area contributed by atoms with Gasteiger partial charge in [-0.15, -0.1) is 11.8 Å². The average molecular weight is 361 g/mol. The Morgan fingerprint density at radius 1 is 1.30 bits per heavy atom. The highest BCUT2D eigenvalue weighted by atomic mass is 35.5. The number of amides is 1. The maximum Gasteiger partial charge on any atom is 0.416 e. The summed E-state index contributed by atoms with van der Waals surface area (Å²) in [5.41, 5.74) is -0.741. The molecule has 0 unspecified atom stereocenters. The van der Waals surface area contributed by atoms with Crippen molar-refractivity contribution in [3.8, 4) is 0 Å². The number of aromatic nitrogens is 1. The lowest BCUT2D eigenvalue weighted by molar-refractivity contribution is -0.137. The first-order valence-electron chi connectivity index (χ1n) is 6.52. The van der Waals surface area contributed by atoms with Crippen LogP contribution in [-0.2, 0) is 11.0 Å². The third-order valence-electron chi connectivity index (χ3n) is 2.82. The second-order valence-corrected chi connectivity index (χ2v) is 6.49. The van der Waals surface area contributed by atoms with Crippen LogP contribution in [0.25, 0.3) is 0 Å². The summed E-state index contributed by atoms with van der Waals surface area (Å²) in [5, 5.41) is 2.43. The molecule has 1 atom stereocenters. The molecule has 122 valence electrons. The molecule has 23 heavy (non-hydrogen) atoms. The summed E-state index contributed by atoms with van der Waals surface area (Å²) in [5.74, 6) is -0.0295. The van der Waals surface area contributed by atoms with Crippen LogP contribution >= 0.6 is 23.4 Å². The Hall–Kier alpha value is -1.73. The first-order valence-corrected chi connectivity index (χ1v) is 7.78. The molecule has 0 bridgehead atoms. The van der Waals surface area contributed by atoms with E-state index in [0.717, 1.165) is 23.9 Å². The number of nitrogens with one attached hydrogen (secondary N) is 1. The van der Waals surface area contributed by atoms with Crippen molar-refractivity contribution in [3.05, 3.63) is 53.2 Å². The van der Waals surface area contributed by atoms with Crippen LogP contribution < -0.4 is 5.32 Å². The molecule has 0 fully saturated rings. The van der Waals surface area contributed by atoms with Crippen LogP contribution in [0.2, 0.25) is 5.02 Å². The molecular formula is C15H12ClF3N2OS. The zero-order valence-corrected chi connectivity index (χ0v) is 13.5. The number of hydrogen-bond acceptors (Lipinski definition) is 3. The zero-order chi connectivity index (χ0) is 17.0. The van der Waals surface area contributed by atoms with E-state index in [2.05, 4.69) is 10.3 Å². The Kier molecular flexibility index (Phi) is 5.54. The fourth-order valence-electron chi connectivity index (χ4n) is 1.68. The molecule has 0 aliphatic carbocycles. The minimum atomic E-state index is -4.41. The number of benzene rings is 1. The second kappa shape index (κ2) is 7.23. The number of pyridine rings is 1. The Labute approximate surface area is 140 Å². The van der Waals surface area contributed by atoms with E-state index in [1.165, 1.54) is 18.3 Å². The van der Waals surface area contributed by atoms with Crippen LogP contribution in [-0.4, -0.2) is 16.1 Å². The summed E-state index contributed by atoms with van der Waals surface area (Å²) >= 11 is 6.74. The molecule has 2 rings (SSSR count). The van der Waals surface area contributed by atoms with Crippen LogP contribution in [0.5, 0.6) is 0 Å². The first kappa shape index (κ1) is 17.6. The fraction of sp³-hybridized carbons (Fsp3) is 0.200. The van der Waals surface area contributed by atoms with E-state index < -0.39 is 17.0 Å². The first-order chi connectivity index (χ1) is 10.8. The molecule has 0 spiro atoms. The molecule has 1 amide bonds. The highest BCUT2D eigenvalue weighted by Gasteiger charge is 2.30. The van der Waals surface area contributed by atoms with E-state index in [0.29, 0.717) is 15.7 Å². The zero-order valence-electron chi connectivity index (χ0n) is 11.9. The van der Waals surface area contributed by atoms with E-state index in [4.69, 9.17) is 11.6 Å². The number of alkyl halides is 3. The van der Waals surface area contributed by atoms with Crippen molar-refractivity contribution in [1.29, 1.82) is 0 Å². The molecule has 8 heteroatoms. The van der Waals surface area contributed by atoms with E-state index in [-0.39, 0.29) is 5.91 Å². The lowest BCUT2D eigenvalue weighted by Gasteiger charge is -2.13. The second-order valence-electron chi connectivity index (χ2n) is 4.64. The summed E-state index contributed by atoms with van der Waals surface area (Å²) in [6.07, 6.45) is -3.02. The van der Waals surface area contributed by atoms with Gasteiger partial charge in [0.1, 0.15) is 5.82 Å². The van der Waals surface area contributed by atoms with Crippen molar-refractivity contribution >= 4 is 35.1 Å². The van der Waals surface area contributed by atoms with Crippen molar-refractivity contribution in [2.75, 3.05) is 5.32 Å². The molecule has 3 nitrogen and oxygen atoms in total. The van der Waals surface area contributed by atoms with Gasteiger partial charge in [0.05, 0.1) is 15.8 Å². The molecule has 0 radical (unpaired) electrons. The van der Waals surface area contributed by atoms with Crippen LogP contribution in [0.4, 0.5) is 19.0 Å². The normalized spacial score (nSPS) is 12.7. The lowest BCUT2D eigenvalue weighted by atomic mass is 10.2. The van der Waals surface area contributed by atoms with Gasteiger partial charge in [-0.25, -0.2) is 4.98 Å². The smallest absolute Gasteiger partial charge is 0.310 e. The average Bonchev–Trinajstić information content (AvgIpc) is 2.49. The minimum absolute atomic E-state index is 0.330. The predicted octanol–water partition coefficient (Wildman–Crippen LogP) is 4.87. The molecule has 0 aliphatic rings. The molecular weight excluding hydrogens is 349 g/mol. The molecule has 0 saturated heterocycles. The molecule has 0 aliphatic heterocycles. The lowest BCUT2D eigenvalue weighted by Crippen LogP contribution is -2.22. The largest absolute Gasteiger partial charge is 0.416 e. The van der Waals surface area contributed by atoms with Crippen LogP contribution in [0.3, 0.4) is 0 Å². The number of anilines is 1. The van der Waals surface area contributed by atoms with E-state index in [9.17, 15) is 18.0 Å². The van der Waals surface area contributed by atoms with Gasteiger partial charge in [-0.2, -0.15) is 13.2 Å². The van der Waals surface area contributed by atoms with Gasteiger partial charge >= 0.3 is 6.18 Å². The molecule has 1 heterocycles. The van der Waals surface area contributed by atoms with Crippen molar-refractivity contribution < 1.29 is 18.0 Å². The van der Waals surface area contributed by atoms with E-state index >= 15 is 0 Å². The molecule has 1 N–H and O–H groups in total. The van der Waals surface area contributed by atoms with Crippen LogP contribution in [0, 0.1) is 0 Å². The number of carbonyl (C=O) groups excluding carboxylic acids is 1. The predicted molar refractivity (Wildman–Crippen MR) is 84.6 cm³/mol. The molecule has 0 saturated carbocycles. The van der Waals surface area contributed by atoms with Crippen molar-refractivity contribution in [2.45, 2.75) is 23.2 Å². The van der Waals surface area contributed by atoms with Gasteiger partial charge in [0, 0.05) is 11.1 Å². The molecule has 1 aromatic heterocycles. The van der Waals surface area contributed by atoms with Crippen molar-refractivity contribution in [3.63, 3.8) is 0 Å². The van der Waals surface area contributed by atoms with Gasteiger partial charge in [0.25, 0.3) is 0 Å². The van der Waals surface area contributed by atoms with Gasteiger partial charge in [-0.1, -0.05) is 17.7 Å². The summed E-state index contributed by atoms with van der Waals surface area (Å²) in [6, 6.07) is 7.98. The highest BCUT2D eigenvalue weighted by Crippen LogP contribution is 2.33. The maximum absolute atomic E-state index is 12.7. The van der Waals surface area contributed by atoms with Gasteiger partial charge in [0.15, 0.2) is 0 Å². The quantitative estimate of drug-likeness (QED) is 0.791. The summed E-state index contributed by atoms with van der Waals surface area (Å²) < 4.78 is 38.0. The number of thioether (sulfide) groups is 1. The fourth-order valence-corrected chi connectivity index (χ4v) is 2.72. The monoisotopic (exact) mass is 360 g/mol. The SMILES string of the molecule is C[C@@H](Sc1cccc(C(F)(F)F)c1)C(=O)Nc1ccc(Cl)cn1. The van der Waals surface area contributed by atoms with Crippen molar-refractivity contribution in [2.24, 2.45) is 0 Å². The Morgan fingerprint density at radius 3 is 2.65 bits per heavy atom. The number of nitrogens with zero attached hydrogens (tertiary/aromatic N) is 1. The Bertz CT molecular complexity index is 692. The summed E-state index contributed by atoms with van der Waals surface area (Å²) in [7, 11) is 0. The minimum Gasteiger partial charge on any atom is -0.310 e. The number of rotatable bonds is 4. The van der Waals surface area contributed by atoms with Gasteiger partial charge < -0.3 is 5.32 Å². The molecule has 2 aromatic rings. The highest BCUT2D eigenvalue weighted by molar-refractivity contribution is 8.00. The van der Waals surface area contributed by atoms with E-state index in [1.807, 2.05) is 0 Å². The van der Waals surface area contributed by atoms with E-state index in [1.54, 1.807) is 19.1 Å². The van der Waals surface area contributed by atoms with Crippen molar-refractivity contribution in [1.82, 2.24) is 4.98 Å². The Morgan fingerprint density at radius 2 is 2.04 bits per heavy atom.